The Morgan fingerprint density at radius 2 is 2.14 bits per heavy atom. The van der Waals surface area contributed by atoms with E-state index in [9.17, 15) is 10.1 Å². The molecule has 0 radical (unpaired) electrons. The van der Waals surface area contributed by atoms with Crippen molar-refractivity contribution in [2.24, 2.45) is 11.1 Å². The Hall–Kier alpha value is -3.11. The van der Waals surface area contributed by atoms with E-state index in [1.165, 1.54) is 0 Å². The summed E-state index contributed by atoms with van der Waals surface area (Å²) in [6, 6.07) is 11.5. The number of morpholine rings is 1. The zero-order valence-electron chi connectivity index (χ0n) is 21.4. The molecule has 1 aliphatic rings. The molecule has 0 bridgehead atoms. The predicted molar refractivity (Wildman–Crippen MR) is 143 cm³/mol. The second-order valence-electron chi connectivity index (χ2n) is 9.96. The third-order valence-corrected chi connectivity index (χ3v) is 7.11. The lowest BCUT2D eigenvalue weighted by Gasteiger charge is -2.35. The van der Waals surface area contributed by atoms with Gasteiger partial charge in [-0.25, -0.2) is 9.83 Å². The van der Waals surface area contributed by atoms with Crippen LogP contribution in [0.5, 0.6) is 0 Å². The largest absolute Gasteiger partial charge is 0.373 e. The van der Waals surface area contributed by atoms with Gasteiger partial charge in [-0.1, -0.05) is 69.8 Å². The van der Waals surface area contributed by atoms with Gasteiger partial charge < -0.3 is 20.7 Å². The summed E-state index contributed by atoms with van der Waals surface area (Å²) in [4.78, 5) is 23.1. The Balaban J connectivity index is 1.97. The van der Waals surface area contributed by atoms with Crippen LogP contribution >= 0.6 is 11.8 Å². The number of primary amides is 1. The van der Waals surface area contributed by atoms with Crippen molar-refractivity contribution in [2.75, 3.05) is 37.7 Å². The Labute approximate surface area is 218 Å². The molecule has 9 heteroatoms. The molecular weight excluding hydrogens is 472 g/mol. The molecule has 3 rings (SSSR count). The molecule has 0 spiro atoms. The van der Waals surface area contributed by atoms with Crippen LogP contribution in [0.1, 0.15) is 49.6 Å². The molecule has 1 unspecified atom stereocenters. The van der Waals surface area contributed by atoms with Crippen molar-refractivity contribution in [2.45, 2.75) is 50.5 Å². The zero-order chi connectivity index (χ0) is 26.3. The van der Waals surface area contributed by atoms with Crippen LogP contribution < -0.4 is 16.0 Å². The van der Waals surface area contributed by atoms with Crippen LogP contribution in [0, 0.1) is 23.3 Å². The number of pyridine rings is 1. The number of rotatable bonds is 9. The molecule has 190 valence electrons. The second-order valence-corrected chi connectivity index (χ2v) is 11.1. The van der Waals surface area contributed by atoms with Crippen molar-refractivity contribution in [1.82, 2.24) is 10.3 Å². The van der Waals surface area contributed by atoms with Gasteiger partial charge in [0.1, 0.15) is 22.2 Å². The number of amides is 1. The van der Waals surface area contributed by atoms with Gasteiger partial charge in [0.25, 0.3) is 0 Å². The SMILES string of the molecule is [C-]#[N+]c1c(N2CCO[C@@H](CNCC(C)(C)C)C2)nc(SC(C(N)=O)c2ccccc2)c(C#N)c1CC. The minimum absolute atomic E-state index is 0.0546. The van der Waals surface area contributed by atoms with Crippen molar-refractivity contribution in [1.29, 1.82) is 5.26 Å². The third kappa shape index (κ3) is 6.76. The Bertz CT molecular complexity index is 1150. The van der Waals surface area contributed by atoms with Crippen LogP contribution in [0.3, 0.4) is 0 Å². The number of carbonyl (C=O) groups is 1. The maximum atomic E-state index is 12.4. The number of benzene rings is 1. The molecular formula is C27H34N6O2S. The molecule has 2 heterocycles. The van der Waals surface area contributed by atoms with Crippen LogP contribution in [-0.2, 0) is 16.0 Å². The molecule has 2 aromatic rings. The summed E-state index contributed by atoms with van der Waals surface area (Å²) in [7, 11) is 0. The summed E-state index contributed by atoms with van der Waals surface area (Å²) >= 11 is 1.16. The maximum absolute atomic E-state index is 12.4. The molecule has 1 amide bonds. The van der Waals surface area contributed by atoms with E-state index >= 15 is 0 Å². The lowest BCUT2D eigenvalue weighted by Crippen LogP contribution is -2.48. The zero-order valence-corrected chi connectivity index (χ0v) is 22.2. The highest BCUT2D eigenvalue weighted by atomic mass is 32.2. The number of ether oxygens (including phenoxy) is 1. The van der Waals surface area contributed by atoms with E-state index in [0.717, 1.165) is 23.9 Å². The monoisotopic (exact) mass is 506 g/mol. The molecule has 0 saturated carbocycles. The highest BCUT2D eigenvalue weighted by Crippen LogP contribution is 2.42. The van der Waals surface area contributed by atoms with Gasteiger partial charge >= 0.3 is 0 Å². The molecule has 1 aromatic heterocycles. The molecule has 1 aromatic carbocycles. The number of nitrogens with two attached hydrogens (primary N) is 1. The van der Waals surface area contributed by atoms with E-state index in [0.29, 0.717) is 60.3 Å². The summed E-state index contributed by atoms with van der Waals surface area (Å²) in [5, 5.41) is 13.2. The van der Waals surface area contributed by atoms with E-state index in [1.54, 1.807) is 0 Å². The fraction of sp³-hybridized carbons (Fsp3) is 0.481. The van der Waals surface area contributed by atoms with Gasteiger partial charge in [-0.2, -0.15) is 5.26 Å². The first-order valence-corrected chi connectivity index (χ1v) is 13.0. The van der Waals surface area contributed by atoms with E-state index in [-0.39, 0.29) is 11.5 Å². The third-order valence-electron chi connectivity index (χ3n) is 5.85. The Kier molecular flexibility index (Phi) is 9.33. The number of anilines is 1. The van der Waals surface area contributed by atoms with Crippen LogP contribution in [0.25, 0.3) is 4.85 Å². The van der Waals surface area contributed by atoms with Gasteiger partial charge in [0.05, 0.1) is 24.8 Å². The van der Waals surface area contributed by atoms with E-state index in [1.807, 2.05) is 37.3 Å². The average molecular weight is 507 g/mol. The van der Waals surface area contributed by atoms with Gasteiger partial charge in [0.15, 0.2) is 0 Å². The van der Waals surface area contributed by atoms with Gasteiger partial charge in [-0.3, -0.25) is 4.79 Å². The van der Waals surface area contributed by atoms with Crippen LogP contribution in [-0.4, -0.2) is 49.8 Å². The Morgan fingerprint density at radius 1 is 1.42 bits per heavy atom. The lowest BCUT2D eigenvalue weighted by atomic mass is 9.97. The number of carbonyl (C=O) groups excluding carboxylic acids is 1. The number of nitrogens with one attached hydrogen (secondary N) is 1. The molecule has 1 aliphatic heterocycles. The number of nitriles is 1. The Morgan fingerprint density at radius 3 is 2.72 bits per heavy atom. The van der Waals surface area contributed by atoms with Gasteiger partial charge in [-0.15, -0.1) is 0 Å². The van der Waals surface area contributed by atoms with E-state index in [4.69, 9.17) is 22.0 Å². The minimum atomic E-state index is -0.707. The van der Waals surface area contributed by atoms with Crippen molar-refractivity contribution in [3.63, 3.8) is 0 Å². The summed E-state index contributed by atoms with van der Waals surface area (Å²) in [6.07, 6.45) is 0.443. The quantitative estimate of drug-likeness (QED) is 0.387. The van der Waals surface area contributed by atoms with E-state index in [2.05, 4.69) is 41.9 Å². The predicted octanol–water partition coefficient (Wildman–Crippen LogP) is 4.23. The van der Waals surface area contributed by atoms with Gasteiger partial charge in [-0.05, 0) is 23.0 Å². The molecule has 1 fully saturated rings. The number of hydrogen-bond acceptors (Lipinski definition) is 7. The number of thioether (sulfide) groups is 1. The van der Waals surface area contributed by atoms with Crippen LogP contribution in [0.15, 0.2) is 35.4 Å². The first-order chi connectivity index (χ1) is 17.2. The van der Waals surface area contributed by atoms with Gasteiger partial charge in [0.2, 0.25) is 11.6 Å². The normalized spacial score (nSPS) is 16.7. The van der Waals surface area contributed by atoms with Gasteiger partial charge in [0, 0.05) is 26.2 Å². The summed E-state index contributed by atoms with van der Waals surface area (Å²) in [6.45, 7) is 19.6. The molecule has 2 atom stereocenters. The first-order valence-electron chi connectivity index (χ1n) is 12.1. The maximum Gasteiger partial charge on any atom is 0.235 e. The summed E-state index contributed by atoms with van der Waals surface area (Å²) in [5.41, 5.74) is 8.02. The highest BCUT2D eigenvalue weighted by molar-refractivity contribution is 8.00. The fourth-order valence-electron chi connectivity index (χ4n) is 4.14. The lowest BCUT2D eigenvalue weighted by molar-refractivity contribution is -0.117. The highest BCUT2D eigenvalue weighted by Gasteiger charge is 2.30. The summed E-state index contributed by atoms with van der Waals surface area (Å²) in [5.74, 6) is 0.0193. The van der Waals surface area contributed by atoms with Crippen LogP contribution in [0.4, 0.5) is 11.5 Å². The molecule has 1 saturated heterocycles. The van der Waals surface area contributed by atoms with Crippen molar-refractivity contribution in [3.05, 3.63) is 58.4 Å². The first kappa shape index (κ1) is 27.5. The number of aromatic nitrogens is 1. The fourth-order valence-corrected chi connectivity index (χ4v) is 5.20. The van der Waals surface area contributed by atoms with Crippen LogP contribution in [0.2, 0.25) is 0 Å². The second kappa shape index (κ2) is 12.2. The van der Waals surface area contributed by atoms with Crippen molar-refractivity contribution >= 4 is 29.2 Å². The molecule has 0 aliphatic carbocycles. The average Bonchev–Trinajstić information content (AvgIpc) is 2.85. The van der Waals surface area contributed by atoms with Crippen molar-refractivity contribution < 1.29 is 9.53 Å². The minimum Gasteiger partial charge on any atom is -0.373 e. The molecule has 8 nitrogen and oxygen atoms in total. The molecule has 36 heavy (non-hydrogen) atoms. The number of nitrogens with zero attached hydrogens (tertiary/aromatic N) is 4. The van der Waals surface area contributed by atoms with E-state index < -0.39 is 11.2 Å². The molecule has 3 N–H and O–H groups in total. The number of hydrogen-bond donors (Lipinski definition) is 2. The topological polar surface area (TPSA) is 109 Å². The standard InChI is InChI=1S/C27H34N6O2S/c1-6-20-21(14-28)26(36-23(24(29)34)18-10-8-7-9-11-18)32-25(22(20)30-5)33-12-13-35-19(16-33)15-31-17-27(2,3)4/h7-11,19,23,31H,6,12-13,15-17H2,1-4H3,(H2,29,34)/t19-,23?/m0/s1. The smallest absolute Gasteiger partial charge is 0.235 e. The van der Waals surface area contributed by atoms with Crippen molar-refractivity contribution in [3.8, 4) is 6.07 Å². The summed E-state index contributed by atoms with van der Waals surface area (Å²) < 4.78 is 5.98.